The topological polar surface area (TPSA) is 46.0 Å². The summed E-state index contributed by atoms with van der Waals surface area (Å²) in [5.74, 6) is 0. The van der Waals surface area contributed by atoms with Crippen molar-refractivity contribution in [3.8, 4) is 0 Å². The molecule has 1 aromatic rings. The highest BCUT2D eigenvalue weighted by Gasteiger charge is 2.08. The quantitative estimate of drug-likeness (QED) is 0.775. The second-order valence-corrected chi connectivity index (χ2v) is 4.77. The van der Waals surface area contributed by atoms with Crippen molar-refractivity contribution in [3.05, 3.63) is 17.6 Å². The summed E-state index contributed by atoms with van der Waals surface area (Å²) in [6.45, 7) is 6.21. The van der Waals surface area contributed by atoms with E-state index in [1.165, 1.54) is 0 Å². The third-order valence-electron chi connectivity index (χ3n) is 1.88. The normalized spacial score (nSPS) is 12.9. The summed E-state index contributed by atoms with van der Waals surface area (Å²) in [5, 5.41) is 10.2. The smallest absolute Gasteiger partial charge is 0.118 e. The fraction of sp³-hybridized carbons (Fsp3) is 0.600. The van der Waals surface area contributed by atoms with Gasteiger partial charge in [-0.25, -0.2) is 4.98 Å². The first-order chi connectivity index (χ1) is 6.63. The molecule has 3 nitrogen and oxygen atoms in total. The summed E-state index contributed by atoms with van der Waals surface area (Å²) in [4.78, 5) is 8.66. The molecule has 0 saturated carbocycles. The Balaban J connectivity index is 2.70. The second-order valence-electron chi connectivity index (χ2n) is 3.34. The van der Waals surface area contributed by atoms with Gasteiger partial charge in [0, 0.05) is 18.1 Å². The predicted molar refractivity (Wildman–Crippen MR) is 58.5 cm³/mol. The Labute approximate surface area is 89.0 Å². The molecule has 1 heterocycles. The van der Waals surface area contributed by atoms with Crippen LogP contribution in [0.1, 0.15) is 24.7 Å². The Hall–Kier alpha value is -0.610. The van der Waals surface area contributed by atoms with E-state index in [4.69, 9.17) is 5.11 Å². The van der Waals surface area contributed by atoms with Crippen molar-refractivity contribution in [3.63, 3.8) is 0 Å². The molecule has 0 aliphatic heterocycles. The fourth-order valence-corrected chi connectivity index (χ4v) is 2.08. The molecule has 0 aliphatic rings. The lowest BCUT2D eigenvalue weighted by atomic mass is 10.3. The zero-order valence-electron chi connectivity index (χ0n) is 8.82. The number of nitrogens with zero attached hydrogens (tertiary/aromatic N) is 2. The average Bonchev–Trinajstić information content (AvgIpc) is 2.12. The van der Waals surface area contributed by atoms with Crippen LogP contribution in [0.5, 0.6) is 0 Å². The SMILES string of the molecule is Cc1cnc(C)c(SC(C)CCO)n1. The number of aryl methyl sites for hydroxylation is 2. The van der Waals surface area contributed by atoms with Gasteiger partial charge in [0.2, 0.25) is 0 Å². The van der Waals surface area contributed by atoms with Crippen molar-refractivity contribution in [2.75, 3.05) is 6.61 Å². The van der Waals surface area contributed by atoms with Crippen LogP contribution in [0.4, 0.5) is 0 Å². The number of rotatable bonds is 4. The second kappa shape index (κ2) is 5.32. The summed E-state index contributed by atoms with van der Waals surface area (Å²) in [5.41, 5.74) is 1.90. The molecule has 0 bridgehead atoms. The van der Waals surface area contributed by atoms with E-state index in [0.717, 1.165) is 22.8 Å². The van der Waals surface area contributed by atoms with Crippen molar-refractivity contribution in [1.29, 1.82) is 0 Å². The van der Waals surface area contributed by atoms with Gasteiger partial charge in [0.1, 0.15) is 5.03 Å². The molecule has 1 N–H and O–H groups in total. The van der Waals surface area contributed by atoms with Crippen LogP contribution in [0.15, 0.2) is 11.2 Å². The lowest BCUT2D eigenvalue weighted by molar-refractivity contribution is 0.289. The van der Waals surface area contributed by atoms with Crippen molar-refractivity contribution < 1.29 is 5.11 Å². The van der Waals surface area contributed by atoms with E-state index in [1.807, 2.05) is 13.8 Å². The number of aromatic nitrogens is 2. The van der Waals surface area contributed by atoms with E-state index in [0.29, 0.717) is 5.25 Å². The zero-order chi connectivity index (χ0) is 10.6. The minimum absolute atomic E-state index is 0.229. The zero-order valence-corrected chi connectivity index (χ0v) is 9.64. The van der Waals surface area contributed by atoms with Gasteiger partial charge >= 0.3 is 0 Å². The van der Waals surface area contributed by atoms with Gasteiger partial charge in [-0.05, 0) is 20.3 Å². The number of thioether (sulfide) groups is 1. The van der Waals surface area contributed by atoms with E-state index in [1.54, 1.807) is 18.0 Å². The Kier molecular flexibility index (Phi) is 4.35. The monoisotopic (exact) mass is 212 g/mol. The molecule has 1 unspecified atom stereocenters. The maximum atomic E-state index is 8.79. The van der Waals surface area contributed by atoms with Gasteiger partial charge in [-0.3, -0.25) is 4.98 Å². The number of aliphatic hydroxyl groups is 1. The summed E-state index contributed by atoms with van der Waals surface area (Å²) < 4.78 is 0. The Morgan fingerprint density at radius 2 is 2.21 bits per heavy atom. The van der Waals surface area contributed by atoms with Gasteiger partial charge in [-0.2, -0.15) is 0 Å². The Bertz CT molecular complexity index is 304. The van der Waals surface area contributed by atoms with Crippen molar-refractivity contribution in [2.24, 2.45) is 0 Å². The van der Waals surface area contributed by atoms with Crippen LogP contribution in [-0.4, -0.2) is 26.9 Å². The highest BCUT2D eigenvalue weighted by molar-refractivity contribution is 7.99. The average molecular weight is 212 g/mol. The number of hydrogen-bond donors (Lipinski definition) is 1. The van der Waals surface area contributed by atoms with E-state index >= 15 is 0 Å². The lowest BCUT2D eigenvalue weighted by Gasteiger charge is -2.10. The molecule has 0 spiro atoms. The van der Waals surface area contributed by atoms with Gasteiger partial charge < -0.3 is 5.11 Å². The van der Waals surface area contributed by atoms with Gasteiger partial charge in [0.25, 0.3) is 0 Å². The largest absolute Gasteiger partial charge is 0.396 e. The molecule has 0 saturated heterocycles. The first kappa shape index (κ1) is 11.5. The van der Waals surface area contributed by atoms with E-state index < -0.39 is 0 Å². The summed E-state index contributed by atoms with van der Waals surface area (Å²) >= 11 is 1.68. The molecule has 1 rings (SSSR count). The van der Waals surface area contributed by atoms with Gasteiger partial charge in [0.05, 0.1) is 11.4 Å². The lowest BCUT2D eigenvalue weighted by Crippen LogP contribution is -2.02. The summed E-state index contributed by atoms with van der Waals surface area (Å²) in [6.07, 6.45) is 2.57. The van der Waals surface area contributed by atoms with Crippen LogP contribution >= 0.6 is 11.8 Å². The van der Waals surface area contributed by atoms with Crippen LogP contribution < -0.4 is 0 Å². The maximum Gasteiger partial charge on any atom is 0.118 e. The van der Waals surface area contributed by atoms with Crippen LogP contribution in [-0.2, 0) is 0 Å². The molecular formula is C10H16N2OS. The molecule has 0 fully saturated rings. The van der Waals surface area contributed by atoms with Crippen molar-refractivity contribution in [1.82, 2.24) is 9.97 Å². The molecule has 0 amide bonds. The molecular weight excluding hydrogens is 196 g/mol. The minimum atomic E-state index is 0.229. The third-order valence-corrected chi connectivity index (χ3v) is 3.13. The minimum Gasteiger partial charge on any atom is -0.396 e. The van der Waals surface area contributed by atoms with Crippen LogP contribution in [0.25, 0.3) is 0 Å². The molecule has 78 valence electrons. The van der Waals surface area contributed by atoms with Crippen molar-refractivity contribution in [2.45, 2.75) is 37.5 Å². The molecule has 0 aliphatic carbocycles. The van der Waals surface area contributed by atoms with Gasteiger partial charge in [-0.15, -0.1) is 11.8 Å². The third kappa shape index (κ3) is 3.27. The van der Waals surface area contributed by atoms with E-state index in [-0.39, 0.29) is 6.61 Å². The predicted octanol–water partition coefficient (Wildman–Crippen LogP) is 1.96. The first-order valence-electron chi connectivity index (χ1n) is 4.71. The first-order valence-corrected chi connectivity index (χ1v) is 5.59. The standard InChI is InChI=1S/C10H16N2OS/c1-7-6-11-9(3)10(12-7)14-8(2)4-5-13/h6,8,13H,4-5H2,1-3H3. The number of aliphatic hydroxyl groups excluding tert-OH is 1. The number of hydrogen-bond acceptors (Lipinski definition) is 4. The molecule has 14 heavy (non-hydrogen) atoms. The Morgan fingerprint density at radius 1 is 1.50 bits per heavy atom. The molecule has 0 aromatic carbocycles. The highest BCUT2D eigenvalue weighted by atomic mass is 32.2. The van der Waals surface area contributed by atoms with E-state index in [9.17, 15) is 0 Å². The van der Waals surface area contributed by atoms with Crippen LogP contribution in [0.3, 0.4) is 0 Å². The summed E-state index contributed by atoms with van der Waals surface area (Å²) in [7, 11) is 0. The molecule has 1 atom stereocenters. The Morgan fingerprint density at radius 3 is 2.86 bits per heavy atom. The van der Waals surface area contributed by atoms with Crippen molar-refractivity contribution >= 4 is 11.8 Å². The van der Waals surface area contributed by atoms with Crippen LogP contribution in [0.2, 0.25) is 0 Å². The van der Waals surface area contributed by atoms with E-state index in [2.05, 4.69) is 16.9 Å². The summed E-state index contributed by atoms with van der Waals surface area (Å²) in [6, 6.07) is 0. The van der Waals surface area contributed by atoms with Gasteiger partial charge in [0.15, 0.2) is 0 Å². The molecule has 4 heteroatoms. The fourth-order valence-electron chi connectivity index (χ4n) is 1.06. The van der Waals surface area contributed by atoms with Crippen LogP contribution in [0, 0.1) is 13.8 Å². The maximum absolute atomic E-state index is 8.79. The molecule has 1 aromatic heterocycles. The highest BCUT2D eigenvalue weighted by Crippen LogP contribution is 2.25. The van der Waals surface area contributed by atoms with Gasteiger partial charge in [-0.1, -0.05) is 6.92 Å². The molecule has 0 radical (unpaired) electrons.